The first-order valence-corrected chi connectivity index (χ1v) is 10.1. The van der Waals surface area contributed by atoms with Crippen molar-refractivity contribution in [2.24, 2.45) is 10.7 Å². The normalized spacial score (nSPS) is 15.0. The van der Waals surface area contributed by atoms with E-state index in [1.54, 1.807) is 25.2 Å². The summed E-state index contributed by atoms with van der Waals surface area (Å²) in [6, 6.07) is 5.41. The lowest BCUT2D eigenvalue weighted by atomic mass is 10.2. The van der Waals surface area contributed by atoms with E-state index in [-0.39, 0.29) is 6.09 Å². The quantitative estimate of drug-likeness (QED) is 0.409. The second kappa shape index (κ2) is 10.8. The van der Waals surface area contributed by atoms with Gasteiger partial charge in [-0.3, -0.25) is 4.99 Å². The monoisotopic (exact) mass is 422 g/mol. The molecule has 1 aromatic rings. The van der Waals surface area contributed by atoms with Gasteiger partial charge in [-0.2, -0.15) is 0 Å². The highest BCUT2D eigenvalue weighted by Gasteiger charge is 2.26. The molecule has 0 spiro atoms. The summed E-state index contributed by atoms with van der Waals surface area (Å²) in [6.45, 7) is 9.03. The van der Waals surface area contributed by atoms with E-state index in [0.29, 0.717) is 62.5 Å². The maximum absolute atomic E-state index is 12.1. The molecule has 1 fully saturated rings. The summed E-state index contributed by atoms with van der Waals surface area (Å²) < 4.78 is 21.6. The molecule has 0 saturated carbocycles. The van der Waals surface area contributed by atoms with Crippen molar-refractivity contribution in [2.75, 3.05) is 53.6 Å². The van der Waals surface area contributed by atoms with Crippen LogP contribution in [-0.2, 0) is 4.74 Å². The number of rotatable bonds is 7. The Morgan fingerprint density at radius 1 is 1.00 bits per heavy atom. The van der Waals surface area contributed by atoms with E-state index in [9.17, 15) is 4.79 Å². The average Bonchev–Trinajstić information content (AvgIpc) is 2.71. The summed E-state index contributed by atoms with van der Waals surface area (Å²) in [5.74, 6) is 2.53. The number of methoxy groups -OCH3 is 2. The van der Waals surface area contributed by atoms with Crippen molar-refractivity contribution in [1.82, 2.24) is 9.80 Å². The summed E-state index contributed by atoms with van der Waals surface area (Å²) in [4.78, 5) is 20.2. The molecule has 1 amide bonds. The van der Waals surface area contributed by atoms with Crippen LogP contribution in [0.2, 0.25) is 0 Å². The fourth-order valence-corrected chi connectivity index (χ4v) is 2.86. The van der Waals surface area contributed by atoms with Gasteiger partial charge in [0, 0.05) is 57.3 Å². The van der Waals surface area contributed by atoms with Crippen LogP contribution in [0, 0.1) is 0 Å². The molecule has 1 heterocycles. The molecule has 0 atom stereocenters. The number of hydrogen-bond donors (Lipinski definition) is 1. The number of nitrogens with two attached hydrogens (primary N) is 1. The second-order valence-electron chi connectivity index (χ2n) is 7.94. The van der Waals surface area contributed by atoms with Crippen molar-refractivity contribution < 1.29 is 23.7 Å². The van der Waals surface area contributed by atoms with E-state index >= 15 is 0 Å². The number of hydrogen-bond acceptors (Lipinski definition) is 6. The Bertz CT molecular complexity index is 702. The first-order valence-electron chi connectivity index (χ1n) is 10.1. The van der Waals surface area contributed by atoms with Gasteiger partial charge >= 0.3 is 6.09 Å². The number of aliphatic imine (C=N–C) groups is 1. The molecule has 2 rings (SSSR count). The van der Waals surface area contributed by atoms with Crippen LogP contribution in [0.5, 0.6) is 17.2 Å². The molecular weight excluding hydrogens is 388 g/mol. The van der Waals surface area contributed by atoms with Gasteiger partial charge in [0.25, 0.3) is 0 Å². The fourth-order valence-electron chi connectivity index (χ4n) is 2.86. The summed E-state index contributed by atoms with van der Waals surface area (Å²) >= 11 is 0. The maximum atomic E-state index is 12.1. The molecule has 1 aliphatic heterocycles. The second-order valence-corrected chi connectivity index (χ2v) is 7.94. The van der Waals surface area contributed by atoms with Gasteiger partial charge in [0.05, 0.1) is 20.8 Å². The highest BCUT2D eigenvalue weighted by molar-refractivity contribution is 5.78. The van der Waals surface area contributed by atoms with Crippen molar-refractivity contribution in [3.63, 3.8) is 0 Å². The van der Waals surface area contributed by atoms with E-state index in [2.05, 4.69) is 4.99 Å². The lowest BCUT2D eigenvalue weighted by Gasteiger charge is -2.36. The van der Waals surface area contributed by atoms with Gasteiger partial charge < -0.3 is 34.5 Å². The number of piperazine rings is 1. The highest BCUT2D eigenvalue weighted by Crippen LogP contribution is 2.27. The van der Waals surface area contributed by atoms with Gasteiger partial charge in [-0.1, -0.05) is 0 Å². The van der Waals surface area contributed by atoms with Crippen LogP contribution in [0.25, 0.3) is 0 Å². The topological polar surface area (TPSA) is 98.8 Å². The zero-order chi connectivity index (χ0) is 22.1. The minimum absolute atomic E-state index is 0.288. The lowest BCUT2D eigenvalue weighted by molar-refractivity contribution is 0.0186. The molecule has 0 aromatic heterocycles. The van der Waals surface area contributed by atoms with Crippen molar-refractivity contribution in [1.29, 1.82) is 0 Å². The maximum Gasteiger partial charge on any atom is 0.410 e. The third-order valence-electron chi connectivity index (χ3n) is 4.43. The van der Waals surface area contributed by atoms with Crippen LogP contribution in [-0.4, -0.2) is 81.0 Å². The Morgan fingerprint density at radius 3 is 2.07 bits per heavy atom. The Labute approximate surface area is 178 Å². The number of benzene rings is 1. The van der Waals surface area contributed by atoms with Crippen molar-refractivity contribution in [2.45, 2.75) is 32.8 Å². The summed E-state index contributed by atoms with van der Waals surface area (Å²) in [5, 5.41) is 0. The number of nitrogens with zero attached hydrogens (tertiary/aromatic N) is 3. The minimum atomic E-state index is -0.493. The summed E-state index contributed by atoms with van der Waals surface area (Å²) in [6.07, 6.45) is 0.432. The number of carbonyl (C=O) groups excluding carboxylic acids is 1. The smallest absolute Gasteiger partial charge is 0.410 e. The van der Waals surface area contributed by atoms with Crippen LogP contribution >= 0.6 is 0 Å². The molecule has 0 radical (unpaired) electrons. The predicted molar refractivity (Wildman–Crippen MR) is 116 cm³/mol. The molecule has 9 nitrogen and oxygen atoms in total. The molecule has 0 bridgehead atoms. The van der Waals surface area contributed by atoms with Gasteiger partial charge in [0.1, 0.15) is 22.8 Å². The molecule has 1 aromatic carbocycles. The number of carbonyl (C=O) groups is 1. The van der Waals surface area contributed by atoms with Crippen LogP contribution in [0.1, 0.15) is 27.2 Å². The summed E-state index contributed by atoms with van der Waals surface area (Å²) in [7, 11) is 3.20. The fraction of sp³-hybridized carbons (Fsp3) is 0.619. The molecule has 0 unspecified atom stereocenters. The van der Waals surface area contributed by atoms with Gasteiger partial charge in [0.2, 0.25) is 0 Å². The number of ether oxygens (including phenoxy) is 4. The van der Waals surface area contributed by atoms with E-state index in [0.717, 1.165) is 6.42 Å². The first kappa shape index (κ1) is 23.4. The van der Waals surface area contributed by atoms with E-state index in [1.807, 2.05) is 37.8 Å². The Morgan fingerprint density at radius 2 is 1.53 bits per heavy atom. The van der Waals surface area contributed by atoms with E-state index < -0.39 is 5.60 Å². The lowest BCUT2D eigenvalue weighted by Crippen LogP contribution is -2.53. The first-order chi connectivity index (χ1) is 14.2. The van der Waals surface area contributed by atoms with Crippen LogP contribution < -0.4 is 19.9 Å². The Hall–Kier alpha value is -2.84. The molecular formula is C21H34N4O5. The molecule has 168 valence electrons. The number of amides is 1. The van der Waals surface area contributed by atoms with Crippen LogP contribution in [0.15, 0.2) is 23.2 Å². The molecule has 1 aliphatic rings. The molecule has 9 heteroatoms. The SMILES string of the molecule is COc1cc(OC)cc(OCCCN=C(N)N2CCN(C(=O)OC(C)(C)C)CC2)c1. The van der Waals surface area contributed by atoms with Crippen molar-refractivity contribution in [3.05, 3.63) is 18.2 Å². The van der Waals surface area contributed by atoms with Crippen molar-refractivity contribution in [3.8, 4) is 17.2 Å². The number of guanidine groups is 1. The minimum Gasteiger partial charge on any atom is -0.496 e. The van der Waals surface area contributed by atoms with Gasteiger partial charge in [0.15, 0.2) is 5.96 Å². The Kier molecular flexibility index (Phi) is 8.44. The van der Waals surface area contributed by atoms with Gasteiger partial charge in [-0.25, -0.2) is 4.79 Å². The molecule has 0 aliphatic carbocycles. The van der Waals surface area contributed by atoms with Gasteiger partial charge in [-0.05, 0) is 20.8 Å². The highest BCUT2D eigenvalue weighted by atomic mass is 16.6. The van der Waals surface area contributed by atoms with Gasteiger partial charge in [-0.15, -0.1) is 0 Å². The zero-order valence-corrected chi connectivity index (χ0v) is 18.6. The van der Waals surface area contributed by atoms with Crippen LogP contribution in [0.4, 0.5) is 4.79 Å². The molecule has 30 heavy (non-hydrogen) atoms. The average molecular weight is 423 g/mol. The molecule has 1 saturated heterocycles. The van der Waals surface area contributed by atoms with Crippen LogP contribution in [0.3, 0.4) is 0 Å². The van der Waals surface area contributed by atoms with E-state index in [1.165, 1.54) is 0 Å². The summed E-state index contributed by atoms with van der Waals surface area (Å²) in [5.41, 5.74) is 5.61. The third kappa shape index (κ3) is 7.53. The standard InChI is InChI=1S/C21H34N4O5/c1-21(2,3)30-20(26)25-10-8-24(9-11-25)19(22)23-7-6-12-29-18-14-16(27-4)13-17(15-18)28-5/h13-15H,6-12H2,1-5H3,(H2,22,23). The third-order valence-corrected chi connectivity index (χ3v) is 4.43. The Balaban J connectivity index is 1.72. The van der Waals surface area contributed by atoms with E-state index in [4.69, 9.17) is 24.7 Å². The predicted octanol–water partition coefficient (Wildman–Crippen LogP) is 2.34. The zero-order valence-electron chi connectivity index (χ0n) is 18.6. The van der Waals surface area contributed by atoms with Crippen molar-refractivity contribution >= 4 is 12.1 Å². The molecule has 2 N–H and O–H groups in total. The largest absolute Gasteiger partial charge is 0.496 e.